The summed E-state index contributed by atoms with van der Waals surface area (Å²) in [6.45, 7) is 6.19. The van der Waals surface area contributed by atoms with Gasteiger partial charge in [0.05, 0.1) is 6.61 Å². The number of halogens is 2. The predicted octanol–water partition coefficient (Wildman–Crippen LogP) is 3.63. The van der Waals surface area contributed by atoms with E-state index in [-0.39, 0.29) is 6.61 Å². The molecular weight excluding hydrogens is 296 g/mol. The van der Waals surface area contributed by atoms with E-state index in [1.807, 2.05) is 13.8 Å². The molecule has 0 saturated heterocycles. The molecule has 0 aliphatic heterocycles. The highest BCUT2D eigenvalue weighted by Crippen LogP contribution is 2.34. The quantitative estimate of drug-likeness (QED) is 0.840. The van der Waals surface area contributed by atoms with Crippen molar-refractivity contribution < 1.29 is 5.11 Å². The van der Waals surface area contributed by atoms with Crippen molar-refractivity contribution in [2.24, 2.45) is 0 Å². The predicted molar refractivity (Wildman–Crippen MR) is 62.0 cm³/mol. The van der Waals surface area contributed by atoms with Gasteiger partial charge in [0.1, 0.15) is 0 Å². The van der Waals surface area contributed by atoms with E-state index in [9.17, 15) is 5.11 Å². The van der Waals surface area contributed by atoms with Crippen LogP contribution in [0.1, 0.15) is 22.3 Å². The number of aliphatic hydroxyl groups is 1. The number of hydrogen-bond donors (Lipinski definition) is 1. The summed E-state index contributed by atoms with van der Waals surface area (Å²) in [5.74, 6) is 0. The summed E-state index contributed by atoms with van der Waals surface area (Å²) < 4.78 is 2.12. The minimum atomic E-state index is 0.0755. The fourth-order valence-electron chi connectivity index (χ4n) is 1.32. The van der Waals surface area contributed by atoms with Crippen molar-refractivity contribution in [2.75, 3.05) is 0 Å². The van der Waals surface area contributed by atoms with Crippen LogP contribution < -0.4 is 0 Å². The van der Waals surface area contributed by atoms with Crippen molar-refractivity contribution in [1.29, 1.82) is 0 Å². The molecule has 0 atom stereocenters. The molecule has 1 N–H and O–H groups in total. The lowest BCUT2D eigenvalue weighted by Gasteiger charge is -2.14. The Morgan fingerprint density at radius 2 is 1.38 bits per heavy atom. The second-order valence-electron chi connectivity index (χ2n) is 3.14. The van der Waals surface area contributed by atoms with Crippen molar-refractivity contribution in [3.63, 3.8) is 0 Å². The van der Waals surface area contributed by atoms with Gasteiger partial charge in [-0.25, -0.2) is 0 Å². The average molecular weight is 308 g/mol. The van der Waals surface area contributed by atoms with Crippen molar-refractivity contribution in [2.45, 2.75) is 27.4 Å². The molecule has 3 heteroatoms. The number of benzene rings is 1. The van der Waals surface area contributed by atoms with E-state index in [0.29, 0.717) is 0 Å². The van der Waals surface area contributed by atoms with Crippen molar-refractivity contribution in [1.82, 2.24) is 0 Å². The molecule has 13 heavy (non-hydrogen) atoms. The van der Waals surface area contributed by atoms with Crippen LogP contribution in [0, 0.1) is 20.8 Å². The molecule has 0 bridgehead atoms. The summed E-state index contributed by atoms with van der Waals surface area (Å²) in [6, 6.07) is 0. The molecule has 1 aromatic carbocycles. The van der Waals surface area contributed by atoms with Gasteiger partial charge in [0.2, 0.25) is 0 Å². The molecule has 0 aromatic heterocycles. The standard InChI is InChI=1S/C10H12Br2O/c1-5-6(2)10(12)8(4-13)7(3)9(5)11/h13H,4H2,1-3H3. The Hall–Kier alpha value is 0.140. The van der Waals surface area contributed by atoms with Gasteiger partial charge in [-0.05, 0) is 43.0 Å². The Balaban J connectivity index is 3.56. The Morgan fingerprint density at radius 3 is 1.85 bits per heavy atom. The highest BCUT2D eigenvalue weighted by atomic mass is 79.9. The molecule has 1 rings (SSSR count). The van der Waals surface area contributed by atoms with Crippen LogP contribution >= 0.6 is 31.9 Å². The van der Waals surface area contributed by atoms with Gasteiger partial charge in [0.15, 0.2) is 0 Å². The third-order valence-electron chi connectivity index (χ3n) is 2.43. The van der Waals surface area contributed by atoms with Gasteiger partial charge in [-0.15, -0.1) is 0 Å². The van der Waals surface area contributed by atoms with E-state index in [1.165, 1.54) is 11.1 Å². The molecule has 0 spiro atoms. The van der Waals surface area contributed by atoms with Crippen molar-refractivity contribution in [3.05, 3.63) is 31.2 Å². The zero-order chi connectivity index (χ0) is 10.2. The van der Waals surface area contributed by atoms with E-state index in [0.717, 1.165) is 20.1 Å². The minimum absolute atomic E-state index is 0.0755. The van der Waals surface area contributed by atoms with Crippen molar-refractivity contribution >= 4 is 31.9 Å². The van der Waals surface area contributed by atoms with Crippen LogP contribution in [0.2, 0.25) is 0 Å². The first-order valence-corrected chi connectivity index (χ1v) is 5.63. The first-order valence-electron chi connectivity index (χ1n) is 4.05. The minimum Gasteiger partial charge on any atom is -0.392 e. The van der Waals surface area contributed by atoms with E-state index in [1.54, 1.807) is 0 Å². The molecule has 0 saturated carbocycles. The highest BCUT2D eigenvalue weighted by Gasteiger charge is 2.12. The zero-order valence-electron chi connectivity index (χ0n) is 7.91. The summed E-state index contributed by atoms with van der Waals surface area (Å²) in [7, 11) is 0. The summed E-state index contributed by atoms with van der Waals surface area (Å²) in [4.78, 5) is 0. The summed E-state index contributed by atoms with van der Waals surface area (Å²) in [5.41, 5.74) is 4.48. The van der Waals surface area contributed by atoms with Gasteiger partial charge in [-0.3, -0.25) is 0 Å². The maximum atomic E-state index is 9.19. The lowest BCUT2D eigenvalue weighted by molar-refractivity contribution is 0.280. The molecule has 0 amide bonds. The maximum absolute atomic E-state index is 9.19. The molecule has 0 aliphatic rings. The fraction of sp³-hybridized carbons (Fsp3) is 0.400. The van der Waals surface area contributed by atoms with Crippen LogP contribution in [0.4, 0.5) is 0 Å². The lowest BCUT2D eigenvalue weighted by atomic mass is 10.0. The second kappa shape index (κ2) is 4.11. The number of hydrogen-bond acceptors (Lipinski definition) is 1. The number of rotatable bonds is 1. The van der Waals surface area contributed by atoms with Gasteiger partial charge in [-0.2, -0.15) is 0 Å². The summed E-state index contributed by atoms with van der Waals surface area (Å²) in [5, 5.41) is 9.19. The van der Waals surface area contributed by atoms with Gasteiger partial charge < -0.3 is 5.11 Å². The van der Waals surface area contributed by atoms with Gasteiger partial charge >= 0.3 is 0 Å². The van der Waals surface area contributed by atoms with Gasteiger partial charge in [0, 0.05) is 8.95 Å². The van der Waals surface area contributed by atoms with E-state index in [4.69, 9.17) is 0 Å². The molecule has 0 radical (unpaired) electrons. The van der Waals surface area contributed by atoms with E-state index < -0.39 is 0 Å². The van der Waals surface area contributed by atoms with Crippen LogP contribution in [0.3, 0.4) is 0 Å². The highest BCUT2D eigenvalue weighted by molar-refractivity contribution is 9.11. The molecule has 1 nitrogen and oxygen atoms in total. The smallest absolute Gasteiger partial charge is 0.0695 e. The SMILES string of the molecule is Cc1c(C)c(Br)c(CO)c(C)c1Br. The third kappa shape index (κ3) is 1.83. The summed E-state index contributed by atoms with van der Waals surface area (Å²) >= 11 is 7.02. The van der Waals surface area contributed by atoms with E-state index >= 15 is 0 Å². The molecular formula is C10H12Br2O. The van der Waals surface area contributed by atoms with Gasteiger partial charge in [-0.1, -0.05) is 31.9 Å². The Labute approximate surface area is 95.4 Å². The molecule has 0 aliphatic carbocycles. The van der Waals surface area contributed by atoms with Crippen LogP contribution in [-0.4, -0.2) is 5.11 Å². The molecule has 72 valence electrons. The molecule has 0 heterocycles. The van der Waals surface area contributed by atoms with Crippen molar-refractivity contribution in [3.8, 4) is 0 Å². The molecule has 0 fully saturated rings. The first-order chi connectivity index (χ1) is 6.00. The lowest BCUT2D eigenvalue weighted by Crippen LogP contribution is -1.97. The third-order valence-corrected chi connectivity index (χ3v) is 4.69. The van der Waals surface area contributed by atoms with E-state index in [2.05, 4.69) is 38.8 Å². The monoisotopic (exact) mass is 306 g/mol. The molecule has 1 aromatic rings. The van der Waals surface area contributed by atoms with Crippen LogP contribution in [0.15, 0.2) is 8.95 Å². The first kappa shape index (κ1) is 11.2. The number of aliphatic hydroxyl groups excluding tert-OH is 1. The Bertz CT molecular complexity index is 316. The normalized spacial score (nSPS) is 10.6. The Morgan fingerprint density at radius 1 is 0.923 bits per heavy atom. The summed E-state index contributed by atoms with van der Waals surface area (Å²) in [6.07, 6.45) is 0. The van der Waals surface area contributed by atoms with Gasteiger partial charge in [0.25, 0.3) is 0 Å². The maximum Gasteiger partial charge on any atom is 0.0695 e. The largest absolute Gasteiger partial charge is 0.392 e. The zero-order valence-corrected chi connectivity index (χ0v) is 11.1. The average Bonchev–Trinajstić information content (AvgIpc) is 2.13. The topological polar surface area (TPSA) is 20.2 Å². The second-order valence-corrected chi connectivity index (χ2v) is 4.73. The van der Waals surface area contributed by atoms with Crippen LogP contribution in [0.25, 0.3) is 0 Å². The Kier molecular flexibility index (Phi) is 3.55. The van der Waals surface area contributed by atoms with Crippen LogP contribution in [0.5, 0.6) is 0 Å². The van der Waals surface area contributed by atoms with Crippen LogP contribution in [-0.2, 0) is 6.61 Å². The molecule has 0 unspecified atom stereocenters. The fourth-order valence-corrected chi connectivity index (χ4v) is 2.58.